The van der Waals surface area contributed by atoms with Crippen LogP contribution < -0.4 is 14.9 Å². The molecule has 0 bridgehead atoms. The van der Waals surface area contributed by atoms with Gasteiger partial charge in [0.25, 0.3) is 5.91 Å². The molecule has 1 aliphatic heterocycles. The Labute approximate surface area is 127 Å². The van der Waals surface area contributed by atoms with Crippen molar-refractivity contribution in [3.05, 3.63) is 54.4 Å². The summed E-state index contributed by atoms with van der Waals surface area (Å²) >= 11 is 0. The quantitative estimate of drug-likeness (QED) is 0.695. The smallest absolute Gasteiger partial charge is 0.272 e. The number of nitrogens with zero attached hydrogens (tertiary/aromatic N) is 2. The standard InChI is InChI=1S/C16H15N3O3/c1-11(18-19-16(20)12-5-4-8-17-9-12)15-10-21-13-6-2-3-7-14(13)22-15/h2-9,15H,10H2,1H3,(H,19,20)/b18-11+/t15-/m1/s1. The zero-order valence-corrected chi connectivity index (χ0v) is 12.0. The largest absolute Gasteiger partial charge is 0.485 e. The molecule has 1 aromatic carbocycles. The van der Waals surface area contributed by atoms with Crippen LogP contribution >= 0.6 is 0 Å². The third-order valence-electron chi connectivity index (χ3n) is 3.23. The minimum absolute atomic E-state index is 0.315. The van der Waals surface area contributed by atoms with Crippen molar-refractivity contribution < 1.29 is 14.3 Å². The maximum absolute atomic E-state index is 11.9. The van der Waals surface area contributed by atoms with Gasteiger partial charge in [0.1, 0.15) is 6.61 Å². The van der Waals surface area contributed by atoms with Gasteiger partial charge in [-0.05, 0) is 31.2 Å². The average molecular weight is 297 g/mol. The van der Waals surface area contributed by atoms with Crippen LogP contribution in [0.4, 0.5) is 0 Å². The van der Waals surface area contributed by atoms with E-state index in [2.05, 4.69) is 15.5 Å². The van der Waals surface area contributed by atoms with E-state index in [0.717, 1.165) is 0 Å². The van der Waals surface area contributed by atoms with E-state index in [-0.39, 0.29) is 12.0 Å². The fourth-order valence-corrected chi connectivity index (χ4v) is 2.00. The number of hydrogen-bond acceptors (Lipinski definition) is 5. The van der Waals surface area contributed by atoms with Crippen LogP contribution in [-0.2, 0) is 0 Å². The average Bonchev–Trinajstić information content (AvgIpc) is 2.59. The van der Waals surface area contributed by atoms with E-state index in [1.54, 1.807) is 25.3 Å². The highest BCUT2D eigenvalue weighted by Crippen LogP contribution is 2.31. The van der Waals surface area contributed by atoms with Gasteiger partial charge in [-0.2, -0.15) is 5.10 Å². The van der Waals surface area contributed by atoms with Crippen LogP contribution in [0.3, 0.4) is 0 Å². The number of hydrazone groups is 1. The summed E-state index contributed by atoms with van der Waals surface area (Å²) in [5, 5.41) is 4.08. The summed E-state index contributed by atoms with van der Waals surface area (Å²) in [6.07, 6.45) is 2.76. The number of aromatic nitrogens is 1. The van der Waals surface area contributed by atoms with E-state index in [4.69, 9.17) is 9.47 Å². The van der Waals surface area contributed by atoms with Gasteiger partial charge in [0.15, 0.2) is 17.6 Å². The number of para-hydroxylation sites is 2. The van der Waals surface area contributed by atoms with Gasteiger partial charge in [0.2, 0.25) is 0 Å². The molecule has 1 amide bonds. The van der Waals surface area contributed by atoms with Crippen molar-refractivity contribution in [3.63, 3.8) is 0 Å². The Hall–Kier alpha value is -2.89. The Morgan fingerprint density at radius 1 is 1.27 bits per heavy atom. The fraction of sp³-hybridized carbons (Fsp3) is 0.188. The lowest BCUT2D eigenvalue weighted by molar-refractivity contribution is 0.0952. The van der Waals surface area contributed by atoms with Crippen molar-refractivity contribution in [1.82, 2.24) is 10.4 Å². The number of benzene rings is 1. The van der Waals surface area contributed by atoms with Gasteiger partial charge in [0.05, 0.1) is 11.3 Å². The number of rotatable bonds is 3. The van der Waals surface area contributed by atoms with E-state index < -0.39 is 0 Å². The number of pyridine rings is 1. The van der Waals surface area contributed by atoms with Crippen LogP contribution in [0, 0.1) is 0 Å². The number of hydrogen-bond donors (Lipinski definition) is 1. The number of nitrogens with one attached hydrogen (secondary N) is 1. The van der Waals surface area contributed by atoms with E-state index in [0.29, 0.717) is 29.4 Å². The van der Waals surface area contributed by atoms with Crippen molar-refractivity contribution in [2.45, 2.75) is 13.0 Å². The summed E-state index contributed by atoms with van der Waals surface area (Å²) in [5.74, 6) is 1.07. The lowest BCUT2D eigenvalue weighted by atomic mass is 10.2. The van der Waals surface area contributed by atoms with Gasteiger partial charge in [0, 0.05) is 12.4 Å². The fourth-order valence-electron chi connectivity index (χ4n) is 2.00. The van der Waals surface area contributed by atoms with E-state index in [1.165, 1.54) is 6.20 Å². The summed E-state index contributed by atoms with van der Waals surface area (Å²) in [7, 11) is 0. The van der Waals surface area contributed by atoms with Gasteiger partial charge in [-0.25, -0.2) is 5.43 Å². The monoisotopic (exact) mass is 297 g/mol. The molecule has 0 fully saturated rings. The zero-order valence-electron chi connectivity index (χ0n) is 12.0. The maximum atomic E-state index is 11.9. The first-order valence-electron chi connectivity index (χ1n) is 6.87. The molecule has 0 radical (unpaired) electrons. The second-order valence-electron chi connectivity index (χ2n) is 4.80. The molecule has 0 saturated carbocycles. The number of ether oxygens (including phenoxy) is 2. The predicted octanol–water partition coefficient (Wildman–Crippen LogP) is 2.03. The Kier molecular flexibility index (Phi) is 4.00. The van der Waals surface area contributed by atoms with Gasteiger partial charge in [-0.3, -0.25) is 9.78 Å². The number of amides is 1. The minimum atomic E-state index is -0.330. The van der Waals surface area contributed by atoms with Crippen molar-refractivity contribution >= 4 is 11.6 Å². The molecule has 0 saturated heterocycles. The first kappa shape index (κ1) is 14.1. The molecule has 6 nitrogen and oxygen atoms in total. The van der Waals surface area contributed by atoms with E-state index in [1.807, 2.05) is 24.3 Å². The molecular formula is C16H15N3O3. The summed E-state index contributed by atoms with van der Waals surface area (Å²) < 4.78 is 11.4. The summed E-state index contributed by atoms with van der Waals surface area (Å²) in [4.78, 5) is 15.8. The van der Waals surface area contributed by atoms with Gasteiger partial charge < -0.3 is 9.47 Å². The molecule has 2 aromatic rings. The van der Waals surface area contributed by atoms with Crippen LogP contribution in [0.1, 0.15) is 17.3 Å². The van der Waals surface area contributed by atoms with Gasteiger partial charge in [-0.15, -0.1) is 0 Å². The Morgan fingerprint density at radius 3 is 2.86 bits per heavy atom. The van der Waals surface area contributed by atoms with Crippen LogP contribution in [0.5, 0.6) is 11.5 Å². The summed E-state index contributed by atoms with van der Waals surface area (Å²) in [6.45, 7) is 2.14. The third kappa shape index (κ3) is 3.06. The van der Waals surface area contributed by atoms with Crippen LogP contribution in [-0.4, -0.2) is 29.3 Å². The summed E-state index contributed by atoms with van der Waals surface area (Å²) in [6, 6.07) is 10.8. The Morgan fingerprint density at radius 2 is 2.09 bits per heavy atom. The molecule has 1 N–H and O–H groups in total. The molecule has 0 aliphatic carbocycles. The van der Waals surface area contributed by atoms with Crippen LogP contribution in [0.15, 0.2) is 53.9 Å². The van der Waals surface area contributed by atoms with Crippen molar-refractivity contribution in [3.8, 4) is 11.5 Å². The SMILES string of the molecule is C/C(=N\NC(=O)c1cccnc1)[C@H]1COc2ccccc2O1. The van der Waals surface area contributed by atoms with E-state index in [9.17, 15) is 4.79 Å². The first-order chi connectivity index (χ1) is 10.7. The molecule has 1 atom stereocenters. The van der Waals surface area contributed by atoms with Crippen molar-refractivity contribution in [1.29, 1.82) is 0 Å². The molecule has 1 aliphatic rings. The number of fused-ring (bicyclic) bond motifs is 1. The van der Waals surface area contributed by atoms with Crippen LogP contribution in [0.25, 0.3) is 0 Å². The van der Waals surface area contributed by atoms with Gasteiger partial charge >= 0.3 is 0 Å². The molecule has 0 unspecified atom stereocenters. The molecular weight excluding hydrogens is 282 g/mol. The molecule has 112 valence electrons. The lowest BCUT2D eigenvalue weighted by Crippen LogP contribution is -2.36. The molecule has 3 rings (SSSR count). The summed E-state index contributed by atoms with van der Waals surface area (Å²) in [5.41, 5.74) is 3.57. The highest BCUT2D eigenvalue weighted by atomic mass is 16.6. The highest BCUT2D eigenvalue weighted by Gasteiger charge is 2.23. The topological polar surface area (TPSA) is 72.8 Å². The third-order valence-corrected chi connectivity index (χ3v) is 3.23. The van der Waals surface area contributed by atoms with Crippen LogP contribution in [0.2, 0.25) is 0 Å². The van der Waals surface area contributed by atoms with E-state index >= 15 is 0 Å². The molecule has 0 spiro atoms. The van der Waals surface area contributed by atoms with Crippen molar-refractivity contribution in [2.75, 3.05) is 6.61 Å². The minimum Gasteiger partial charge on any atom is -0.485 e. The normalized spacial score (nSPS) is 17.0. The van der Waals surface area contributed by atoms with Gasteiger partial charge in [-0.1, -0.05) is 12.1 Å². The Balaban J connectivity index is 1.65. The number of carbonyl (C=O) groups is 1. The molecule has 6 heteroatoms. The molecule has 2 heterocycles. The molecule has 22 heavy (non-hydrogen) atoms. The first-order valence-corrected chi connectivity index (χ1v) is 6.87. The van der Waals surface area contributed by atoms with Crippen molar-refractivity contribution in [2.24, 2.45) is 5.10 Å². The lowest BCUT2D eigenvalue weighted by Gasteiger charge is -2.26. The second-order valence-corrected chi connectivity index (χ2v) is 4.80. The predicted molar refractivity (Wildman–Crippen MR) is 81.2 cm³/mol. The maximum Gasteiger partial charge on any atom is 0.272 e. The Bertz CT molecular complexity index is 701. The molecule has 1 aromatic heterocycles. The second kappa shape index (κ2) is 6.26. The zero-order chi connectivity index (χ0) is 15.4. The number of carbonyl (C=O) groups excluding carboxylic acids is 1. The highest BCUT2D eigenvalue weighted by molar-refractivity contribution is 5.95.